The summed E-state index contributed by atoms with van der Waals surface area (Å²) in [7, 11) is 0. The average Bonchev–Trinajstić information content (AvgIpc) is 0. The molecule has 0 bridgehead atoms. The Bertz CT molecular complexity index is 19.7. The molecule has 0 amide bonds. The zero-order valence-electron chi connectivity index (χ0n) is 5.99. The van der Waals surface area contributed by atoms with Crippen molar-refractivity contribution in [1.82, 2.24) is 0 Å². The Morgan fingerprint density at radius 3 is 0.750 bits per heavy atom. The van der Waals surface area contributed by atoms with E-state index in [1.807, 2.05) is 0 Å². The molecule has 0 aliphatic heterocycles. The normalized spacial score (nSPS) is 0. The van der Waals surface area contributed by atoms with Gasteiger partial charge in [-0.1, -0.05) is 0 Å². The van der Waals surface area contributed by atoms with Crippen LogP contribution >= 0.6 is 12.4 Å². The third-order valence-corrected chi connectivity index (χ3v) is 0. The molecule has 0 rings (SSSR count). The average molecular weight is 245 g/mol. The molecular formula is H9Cl3Mg3Si2+. The van der Waals surface area contributed by atoms with Crippen LogP contribution in [0.2, 0.25) is 0 Å². The van der Waals surface area contributed by atoms with E-state index in [0.717, 1.165) is 0 Å². The van der Waals surface area contributed by atoms with Crippen molar-refractivity contribution >= 4 is 103 Å². The molecule has 0 spiro atoms. The van der Waals surface area contributed by atoms with E-state index in [9.17, 15) is 0 Å². The summed E-state index contributed by atoms with van der Waals surface area (Å²) in [5.41, 5.74) is 0. The molecule has 0 saturated carbocycles. The van der Waals surface area contributed by atoms with Crippen LogP contribution in [0.25, 0.3) is 0 Å². The first-order chi connectivity index (χ1) is 0. The number of hydrogen-bond donors (Lipinski definition) is 0. The molecule has 0 aliphatic rings. The van der Waals surface area contributed by atoms with Gasteiger partial charge in [-0.2, -0.15) is 0 Å². The monoisotopic (exact) mass is 242 g/mol. The fourth-order valence-corrected chi connectivity index (χ4v) is 0. The van der Waals surface area contributed by atoms with Crippen molar-refractivity contribution in [2.24, 2.45) is 0 Å². The topological polar surface area (TPSA) is 0 Å². The standard InChI is InChI=1S/3ClH.3Mg.H4Si.H2Si.2H/h3*1H;;;;1H4;1H2;;/q;;;3*+2;;3*-1/p-2. The van der Waals surface area contributed by atoms with Gasteiger partial charge < -0.3 is 38.6 Å². The molecule has 0 aromatic heterocycles. The summed E-state index contributed by atoms with van der Waals surface area (Å²) in [5, 5.41) is 0. The maximum atomic E-state index is 0. The van der Waals surface area contributed by atoms with Gasteiger partial charge in [0.15, 0.2) is 0 Å². The van der Waals surface area contributed by atoms with E-state index >= 15 is 0 Å². The van der Waals surface area contributed by atoms with E-state index in [1.165, 1.54) is 0 Å². The minimum atomic E-state index is 0. The van der Waals surface area contributed by atoms with Gasteiger partial charge in [-0.05, 0) is 11.0 Å². The number of rotatable bonds is 0. The zero-order valence-corrected chi connectivity index (χ0v) is 12.0. The molecule has 0 unspecified atom stereocenters. The van der Waals surface area contributed by atoms with Crippen LogP contribution in [-0.4, -0.2) is 91.1 Å². The molecular weight excluding hydrogens is 235 g/mol. The number of halogens is 3. The van der Waals surface area contributed by atoms with E-state index in [4.69, 9.17) is 0 Å². The maximum absolute atomic E-state index is 0. The molecule has 0 N–H and O–H groups in total. The minimum absolute atomic E-state index is 0. The molecule has 0 fully saturated rings. The van der Waals surface area contributed by atoms with Gasteiger partial charge >= 0.3 is 69.2 Å². The van der Waals surface area contributed by atoms with Gasteiger partial charge in [-0.15, -0.1) is 12.4 Å². The zero-order chi connectivity index (χ0) is 0. The second kappa shape index (κ2) is 75.3. The van der Waals surface area contributed by atoms with E-state index in [1.54, 1.807) is 0 Å². The predicted molar refractivity (Wildman–Crippen MR) is 46.6 cm³/mol. The Labute approximate surface area is 129 Å². The first kappa shape index (κ1) is 100. The van der Waals surface area contributed by atoms with Crippen LogP contribution in [-0.2, 0) is 0 Å². The van der Waals surface area contributed by atoms with Crippen molar-refractivity contribution in [2.45, 2.75) is 0 Å². The largest absolute Gasteiger partial charge is 2.00 e. The Morgan fingerprint density at radius 2 is 0.750 bits per heavy atom. The third kappa shape index (κ3) is 54.8. The minimum Gasteiger partial charge on any atom is -1.00 e. The first-order valence-corrected chi connectivity index (χ1v) is 0. The molecule has 1 radical (unpaired) electrons. The molecule has 0 nitrogen and oxygen atoms in total. The Kier molecular flexibility index (Phi) is 946. The Morgan fingerprint density at radius 1 is 0.750 bits per heavy atom. The molecule has 0 atom stereocenters. The van der Waals surface area contributed by atoms with Crippen molar-refractivity contribution < 1.29 is 27.7 Å². The third-order valence-electron chi connectivity index (χ3n) is 0. The van der Waals surface area contributed by atoms with Gasteiger partial charge in [-0.25, -0.2) is 0 Å². The summed E-state index contributed by atoms with van der Waals surface area (Å²) in [6, 6.07) is 0. The van der Waals surface area contributed by atoms with Crippen LogP contribution in [0, 0.1) is 0 Å². The van der Waals surface area contributed by atoms with E-state index in [-0.39, 0.29) is 131 Å². The van der Waals surface area contributed by atoms with Crippen LogP contribution in [0.15, 0.2) is 0 Å². The van der Waals surface area contributed by atoms with Crippen molar-refractivity contribution in [3.63, 3.8) is 0 Å². The summed E-state index contributed by atoms with van der Waals surface area (Å²) in [4.78, 5) is 0. The quantitative estimate of drug-likeness (QED) is 0.371. The van der Waals surface area contributed by atoms with Crippen molar-refractivity contribution in [3.05, 3.63) is 0 Å². The molecule has 0 heterocycles. The van der Waals surface area contributed by atoms with Gasteiger partial charge in [0, 0.05) is 0 Å². The molecule has 0 aromatic rings. The summed E-state index contributed by atoms with van der Waals surface area (Å²) < 4.78 is 0. The second-order valence-electron chi connectivity index (χ2n) is 0. The van der Waals surface area contributed by atoms with Crippen LogP contribution in [0.3, 0.4) is 0 Å². The van der Waals surface area contributed by atoms with E-state index < -0.39 is 0 Å². The smallest absolute Gasteiger partial charge is 1.00 e. The fraction of sp³-hybridized carbons (Fsp3) is 0. The van der Waals surface area contributed by atoms with E-state index in [2.05, 4.69) is 0 Å². The molecule has 43 valence electrons. The summed E-state index contributed by atoms with van der Waals surface area (Å²) in [6.45, 7) is 0. The van der Waals surface area contributed by atoms with Gasteiger partial charge in [0.2, 0.25) is 0 Å². The first-order valence-electron chi connectivity index (χ1n) is 0. The molecule has 0 aromatic carbocycles. The molecule has 0 saturated heterocycles. The summed E-state index contributed by atoms with van der Waals surface area (Å²) in [6.07, 6.45) is 0. The number of hydrogen-bond acceptors (Lipinski definition) is 0. The predicted octanol–water partition coefficient (Wildman–Crippen LogP) is -8.86. The Balaban J connectivity index is 0. The van der Waals surface area contributed by atoms with Gasteiger partial charge in [-0.3, -0.25) is 0 Å². The van der Waals surface area contributed by atoms with Crippen molar-refractivity contribution in [2.75, 3.05) is 0 Å². The van der Waals surface area contributed by atoms with Crippen molar-refractivity contribution in [3.8, 4) is 0 Å². The van der Waals surface area contributed by atoms with Crippen LogP contribution in [0.5, 0.6) is 0 Å². The second-order valence-corrected chi connectivity index (χ2v) is 0. The van der Waals surface area contributed by atoms with Gasteiger partial charge in [0.05, 0.1) is 0 Å². The van der Waals surface area contributed by atoms with Gasteiger partial charge in [0.25, 0.3) is 0 Å². The van der Waals surface area contributed by atoms with Crippen LogP contribution in [0.4, 0.5) is 0 Å². The summed E-state index contributed by atoms with van der Waals surface area (Å²) in [5.74, 6) is 0. The van der Waals surface area contributed by atoms with Crippen LogP contribution in [0.1, 0.15) is 2.85 Å². The summed E-state index contributed by atoms with van der Waals surface area (Å²) >= 11 is 0. The molecule has 0 aliphatic carbocycles. The van der Waals surface area contributed by atoms with Crippen molar-refractivity contribution in [1.29, 1.82) is 0 Å². The molecule has 8 heavy (non-hydrogen) atoms. The van der Waals surface area contributed by atoms with Gasteiger partial charge in [0.1, 0.15) is 0 Å². The Hall–Kier alpha value is 3.60. The molecule has 8 heteroatoms. The van der Waals surface area contributed by atoms with E-state index in [0.29, 0.717) is 0 Å². The fourth-order valence-electron chi connectivity index (χ4n) is 0. The van der Waals surface area contributed by atoms with Crippen LogP contribution < -0.4 is 24.8 Å². The maximum Gasteiger partial charge on any atom is 2.00 e. The SMILES string of the molecule is Cl.[Cl-].[Cl-].[H-].[H-].[Mg+2].[Mg+2].[Mg+2].[SiH2-].[SiH4].